The van der Waals surface area contributed by atoms with Crippen molar-refractivity contribution in [2.75, 3.05) is 12.8 Å². The average molecular weight is 367 g/mol. The maximum Gasteiger partial charge on any atom is 0.262 e. The van der Waals surface area contributed by atoms with Crippen molar-refractivity contribution in [3.8, 4) is 0 Å². The number of para-hydroxylation sites is 1. The highest BCUT2D eigenvalue weighted by molar-refractivity contribution is 7.99. The maximum absolute atomic E-state index is 12.9. The number of hydrogen-bond donors (Lipinski definition) is 1. The summed E-state index contributed by atoms with van der Waals surface area (Å²) in [6.07, 6.45) is 1.72. The van der Waals surface area contributed by atoms with Gasteiger partial charge in [0.1, 0.15) is 0 Å². The number of benzene rings is 2. The third-order valence-corrected chi connectivity index (χ3v) is 5.10. The molecule has 1 aromatic heterocycles. The number of rotatable bonds is 7. The molecule has 3 aromatic rings. The van der Waals surface area contributed by atoms with Gasteiger partial charge in [-0.3, -0.25) is 14.2 Å². The molecule has 0 atom stereocenters. The molecule has 0 spiro atoms. The molecule has 2 aromatic carbocycles. The summed E-state index contributed by atoms with van der Waals surface area (Å²) in [4.78, 5) is 29.1. The Balaban J connectivity index is 1.86. The zero-order chi connectivity index (χ0) is 18.4. The van der Waals surface area contributed by atoms with Gasteiger partial charge >= 0.3 is 0 Å². The molecule has 134 valence electrons. The minimum Gasteiger partial charge on any atom is -0.358 e. The summed E-state index contributed by atoms with van der Waals surface area (Å²) in [7, 11) is 1.60. The molecular formula is C20H21N3O2S. The summed E-state index contributed by atoms with van der Waals surface area (Å²) in [5.41, 5.74) is 1.85. The maximum atomic E-state index is 12.9. The van der Waals surface area contributed by atoms with Gasteiger partial charge in [0.15, 0.2) is 5.16 Å². The summed E-state index contributed by atoms with van der Waals surface area (Å²) in [6.45, 7) is 0.571. The highest BCUT2D eigenvalue weighted by Crippen LogP contribution is 2.18. The second-order valence-corrected chi connectivity index (χ2v) is 6.86. The number of aryl methyl sites for hydroxylation is 1. The molecule has 0 fully saturated rings. The number of aromatic nitrogens is 2. The van der Waals surface area contributed by atoms with Crippen LogP contribution in [0.15, 0.2) is 64.5 Å². The van der Waals surface area contributed by atoms with Gasteiger partial charge < -0.3 is 5.32 Å². The van der Waals surface area contributed by atoms with Crippen molar-refractivity contribution in [3.63, 3.8) is 0 Å². The fourth-order valence-corrected chi connectivity index (χ4v) is 3.64. The summed E-state index contributed by atoms with van der Waals surface area (Å²) < 4.78 is 1.69. The van der Waals surface area contributed by atoms with Crippen molar-refractivity contribution in [3.05, 3.63) is 70.5 Å². The minimum absolute atomic E-state index is 0.0527. The molecule has 1 amide bonds. The van der Waals surface area contributed by atoms with E-state index >= 15 is 0 Å². The first-order valence-electron chi connectivity index (χ1n) is 8.56. The van der Waals surface area contributed by atoms with E-state index in [0.717, 1.165) is 12.8 Å². The molecule has 0 aliphatic carbocycles. The van der Waals surface area contributed by atoms with Crippen LogP contribution in [0.2, 0.25) is 0 Å². The monoisotopic (exact) mass is 367 g/mol. The van der Waals surface area contributed by atoms with E-state index in [9.17, 15) is 9.59 Å². The quantitative estimate of drug-likeness (QED) is 0.515. The Labute approximate surface area is 156 Å². The van der Waals surface area contributed by atoms with Crippen molar-refractivity contribution >= 4 is 28.6 Å². The Morgan fingerprint density at radius 1 is 1.12 bits per heavy atom. The molecule has 0 radical (unpaired) electrons. The minimum atomic E-state index is -0.0896. The zero-order valence-corrected chi connectivity index (χ0v) is 15.5. The largest absolute Gasteiger partial charge is 0.358 e. The van der Waals surface area contributed by atoms with Gasteiger partial charge in [0.05, 0.1) is 16.7 Å². The van der Waals surface area contributed by atoms with Gasteiger partial charge in [-0.05, 0) is 30.5 Å². The Morgan fingerprint density at radius 2 is 1.85 bits per heavy atom. The smallest absolute Gasteiger partial charge is 0.262 e. The van der Waals surface area contributed by atoms with Gasteiger partial charge in [-0.2, -0.15) is 0 Å². The summed E-state index contributed by atoms with van der Waals surface area (Å²) in [5, 5.41) is 3.79. The van der Waals surface area contributed by atoms with Crippen LogP contribution < -0.4 is 10.9 Å². The molecule has 0 unspecified atom stereocenters. The van der Waals surface area contributed by atoms with Crippen molar-refractivity contribution in [1.82, 2.24) is 14.9 Å². The summed E-state index contributed by atoms with van der Waals surface area (Å²) >= 11 is 1.29. The summed E-state index contributed by atoms with van der Waals surface area (Å²) in [5.74, 6) is 0.146. The Morgan fingerprint density at radius 3 is 2.62 bits per heavy atom. The van der Waals surface area contributed by atoms with Crippen LogP contribution in [0.4, 0.5) is 0 Å². The van der Waals surface area contributed by atoms with Crippen molar-refractivity contribution in [2.24, 2.45) is 0 Å². The molecule has 6 heteroatoms. The van der Waals surface area contributed by atoms with Crippen molar-refractivity contribution in [2.45, 2.75) is 24.5 Å². The SMILES string of the molecule is CNC(=O)CSc1nc2ccccc2c(=O)n1CCCc1ccccc1. The lowest BCUT2D eigenvalue weighted by Gasteiger charge is -2.13. The average Bonchev–Trinajstić information content (AvgIpc) is 2.69. The van der Waals surface area contributed by atoms with E-state index in [0.29, 0.717) is 22.6 Å². The molecule has 0 bridgehead atoms. The molecule has 1 N–H and O–H groups in total. The molecule has 3 rings (SSSR count). The molecule has 0 saturated heterocycles. The van der Waals surface area contributed by atoms with E-state index in [-0.39, 0.29) is 17.2 Å². The number of hydrogen-bond acceptors (Lipinski definition) is 4. The van der Waals surface area contributed by atoms with Gasteiger partial charge in [0.25, 0.3) is 5.56 Å². The van der Waals surface area contributed by atoms with Gasteiger partial charge in [-0.25, -0.2) is 4.98 Å². The highest BCUT2D eigenvalue weighted by Gasteiger charge is 2.12. The van der Waals surface area contributed by atoms with Crippen LogP contribution in [-0.4, -0.2) is 28.3 Å². The third-order valence-electron chi connectivity index (χ3n) is 4.13. The van der Waals surface area contributed by atoms with Crippen LogP contribution >= 0.6 is 11.8 Å². The molecule has 0 saturated carbocycles. The highest BCUT2D eigenvalue weighted by atomic mass is 32.2. The van der Waals surface area contributed by atoms with Crippen LogP contribution in [0.5, 0.6) is 0 Å². The predicted octanol–water partition coefficient (Wildman–Crippen LogP) is 2.87. The summed E-state index contributed by atoms with van der Waals surface area (Å²) in [6, 6.07) is 17.5. The lowest BCUT2D eigenvalue weighted by Crippen LogP contribution is -2.25. The molecular weight excluding hydrogens is 346 g/mol. The first kappa shape index (κ1) is 18.2. The second kappa shape index (κ2) is 8.67. The number of fused-ring (bicyclic) bond motifs is 1. The number of carbonyl (C=O) groups is 1. The first-order chi connectivity index (χ1) is 12.7. The van der Waals surface area contributed by atoms with Crippen LogP contribution in [0.1, 0.15) is 12.0 Å². The molecule has 1 heterocycles. The van der Waals surface area contributed by atoms with E-state index in [1.807, 2.05) is 36.4 Å². The normalized spacial score (nSPS) is 10.8. The predicted molar refractivity (Wildman–Crippen MR) is 106 cm³/mol. The van der Waals surface area contributed by atoms with Gasteiger partial charge in [-0.15, -0.1) is 0 Å². The number of thioether (sulfide) groups is 1. The molecule has 26 heavy (non-hydrogen) atoms. The van der Waals surface area contributed by atoms with Crippen molar-refractivity contribution in [1.29, 1.82) is 0 Å². The van der Waals surface area contributed by atoms with Crippen LogP contribution in [0.3, 0.4) is 0 Å². The number of carbonyl (C=O) groups excluding carboxylic acids is 1. The van der Waals surface area contributed by atoms with Crippen LogP contribution in [0, 0.1) is 0 Å². The van der Waals surface area contributed by atoms with Gasteiger partial charge in [0.2, 0.25) is 5.91 Å². The second-order valence-electron chi connectivity index (χ2n) is 5.92. The lowest BCUT2D eigenvalue weighted by molar-refractivity contribution is -0.118. The first-order valence-corrected chi connectivity index (χ1v) is 9.54. The Hall–Kier alpha value is -2.60. The van der Waals surface area contributed by atoms with Crippen molar-refractivity contribution < 1.29 is 4.79 Å². The number of nitrogens with zero attached hydrogens (tertiary/aromatic N) is 2. The van der Waals surface area contributed by atoms with E-state index in [1.54, 1.807) is 17.7 Å². The fourth-order valence-electron chi connectivity index (χ4n) is 2.74. The van der Waals surface area contributed by atoms with Crippen LogP contribution in [-0.2, 0) is 17.8 Å². The topological polar surface area (TPSA) is 64.0 Å². The zero-order valence-electron chi connectivity index (χ0n) is 14.6. The van der Waals surface area contributed by atoms with Gasteiger partial charge in [0, 0.05) is 13.6 Å². The molecule has 0 aliphatic heterocycles. The van der Waals surface area contributed by atoms with E-state index in [1.165, 1.54) is 17.3 Å². The van der Waals surface area contributed by atoms with E-state index in [2.05, 4.69) is 22.4 Å². The Bertz CT molecular complexity index is 954. The lowest BCUT2D eigenvalue weighted by atomic mass is 10.1. The molecule has 0 aliphatic rings. The number of nitrogens with one attached hydrogen (secondary N) is 1. The number of amides is 1. The molecule has 5 nitrogen and oxygen atoms in total. The Kier molecular flexibility index (Phi) is 6.07. The standard InChI is InChI=1S/C20H21N3O2S/c1-21-18(24)14-26-20-22-17-12-6-5-11-16(17)19(25)23(20)13-7-10-15-8-3-2-4-9-15/h2-6,8-9,11-12H,7,10,13-14H2,1H3,(H,21,24). The van der Waals surface area contributed by atoms with E-state index in [4.69, 9.17) is 0 Å². The fraction of sp³-hybridized carbons (Fsp3) is 0.250. The van der Waals surface area contributed by atoms with E-state index < -0.39 is 0 Å². The third kappa shape index (κ3) is 4.32. The van der Waals surface area contributed by atoms with Gasteiger partial charge in [-0.1, -0.05) is 54.2 Å². The van der Waals surface area contributed by atoms with Crippen LogP contribution in [0.25, 0.3) is 10.9 Å².